The van der Waals surface area contributed by atoms with Gasteiger partial charge >= 0.3 is 5.97 Å². The van der Waals surface area contributed by atoms with Gasteiger partial charge in [0.1, 0.15) is 11.5 Å². The summed E-state index contributed by atoms with van der Waals surface area (Å²) in [5.74, 6) is 1.79. The third kappa shape index (κ3) is 2.86. The summed E-state index contributed by atoms with van der Waals surface area (Å²) in [6.07, 6.45) is 8.25. The van der Waals surface area contributed by atoms with E-state index in [0.29, 0.717) is 29.8 Å². The number of hydrogen-bond donors (Lipinski definition) is 1. The Balaban J connectivity index is 1.62. The predicted molar refractivity (Wildman–Crippen MR) is 86.4 cm³/mol. The van der Waals surface area contributed by atoms with Crippen molar-refractivity contribution in [2.75, 3.05) is 0 Å². The lowest BCUT2D eigenvalue weighted by atomic mass is 9.62. The molecule has 4 heteroatoms. The van der Waals surface area contributed by atoms with Gasteiger partial charge in [0.25, 0.3) is 0 Å². The Labute approximate surface area is 138 Å². The molecule has 0 amide bonds. The van der Waals surface area contributed by atoms with E-state index in [9.17, 15) is 14.7 Å². The van der Waals surface area contributed by atoms with E-state index in [2.05, 4.69) is 13.8 Å². The summed E-state index contributed by atoms with van der Waals surface area (Å²) < 4.78 is 5.16. The summed E-state index contributed by atoms with van der Waals surface area (Å²) in [5.41, 5.74) is -1.32. The van der Waals surface area contributed by atoms with Gasteiger partial charge in [0.05, 0.1) is 0 Å². The number of carbonyl (C=O) groups is 2. The fourth-order valence-corrected chi connectivity index (χ4v) is 5.22. The molecule has 4 nitrogen and oxygen atoms in total. The molecule has 1 aliphatic heterocycles. The molecule has 0 aromatic heterocycles. The van der Waals surface area contributed by atoms with Gasteiger partial charge in [-0.3, -0.25) is 4.79 Å². The second-order valence-corrected chi connectivity index (χ2v) is 8.23. The first-order chi connectivity index (χ1) is 10.7. The van der Waals surface area contributed by atoms with Crippen molar-refractivity contribution in [2.24, 2.45) is 23.2 Å². The van der Waals surface area contributed by atoms with Crippen molar-refractivity contribution in [3.05, 3.63) is 11.8 Å². The number of ketones is 1. The average Bonchev–Trinajstić information content (AvgIpc) is 2.94. The van der Waals surface area contributed by atoms with E-state index in [1.807, 2.05) is 0 Å². The molecule has 3 rings (SSSR count). The first kappa shape index (κ1) is 16.7. The Hall–Kier alpha value is -1.16. The van der Waals surface area contributed by atoms with Gasteiger partial charge in [-0.15, -0.1) is 0 Å². The number of allylic oxidation sites excluding steroid dienone is 1. The molecule has 2 aliphatic carbocycles. The smallest absolute Gasteiger partial charge is 0.347 e. The molecule has 0 aromatic rings. The average molecular weight is 320 g/mol. The van der Waals surface area contributed by atoms with Crippen LogP contribution in [0.5, 0.6) is 0 Å². The van der Waals surface area contributed by atoms with Crippen LogP contribution in [0.4, 0.5) is 0 Å². The van der Waals surface area contributed by atoms with Gasteiger partial charge in [0, 0.05) is 18.8 Å². The first-order valence-electron chi connectivity index (χ1n) is 8.93. The van der Waals surface area contributed by atoms with Crippen LogP contribution < -0.4 is 0 Å². The molecule has 2 fully saturated rings. The van der Waals surface area contributed by atoms with E-state index < -0.39 is 11.6 Å². The van der Waals surface area contributed by atoms with Crippen LogP contribution in [0.1, 0.15) is 65.7 Å². The minimum atomic E-state index is -1.47. The molecule has 2 saturated carbocycles. The minimum absolute atomic E-state index is 0.154. The summed E-state index contributed by atoms with van der Waals surface area (Å²) in [5, 5.41) is 9.85. The number of carbonyl (C=O) groups excluding carboxylic acids is 2. The molecule has 0 bridgehead atoms. The van der Waals surface area contributed by atoms with Gasteiger partial charge in [0.2, 0.25) is 0 Å². The van der Waals surface area contributed by atoms with Crippen molar-refractivity contribution in [1.29, 1.82) is 0 Å². The Bertz CT molecular complexity index is 548. The van der Waals surface area contributed by atoms with Gasteiger partial charge in [-0.05, 0) is 62.4 Å². The summed E-state index contributed by atoms with van der Waals surface area (Å²) >= 11 is 0. The zero-order valence-corrected chi connectivity index (χ0v) is 14.4. The molecular formula is C19H28O4. The van der Waals surface area contributed by atoms with E-state index in [1.54, 1.807) is 0 Å². The number of rotatable bonds is 4. The molecule has 0 saturated heterocycles. The lowest BCUT2D eigenvalue weighted by molar-refractivity contribution is -0.150. The van der Waals surface area contributed by atoms with Crippen molar-refractivity contribution in [2.45, 2.75) is 71.3 Å². The summed E-state index contributed by atoms with van der Waals surface area (Å²) in [7, 11) is 0. The SMILES string of the molecule is C[C@H](CCC1=C[C@@](C)(O)C(=O)O1)[C@H]1CCC2C(=O)CCC[C@]21C. The molecule has 5 atom stereocenters. The van der Waals surface area contributed by atoms with Crippen molar-refractivity contribution < 1.29 is 19.4 Å². The molecule has 1 N–H and O–H groups in total. The number of cyclic esters (lactones) is 1. The molecular weight excluding hydrogens is 292 g/mol. The largest absolute Gasteiger partial charge is 0.429 e. The van der Waals surface area contributed by atoms with Crippen LogP contribution in [0.2, 0.25) is 0 Å². The quantitative estimate of drug-likeness (QED) is 0.807. The highest BCUT2D eigenvalue weighted by molar-refractivity contribution is 5.85. The normalized spacial score (nSPS) is 41.5. The third-order valence-corrected chi connectivity index (χ3v) is 6.55. The second kappa shape index (κ2) is 5.73. The van der Waals surface area contributed by atoms with E-state index in [1.165, 1.54) is 13.0 Å². The van der Waals surface area contributed by atoms with Gasteiger partial charge < -0.3 is 9.84 Å². The number of ether oxygens (including phenoxy) is 1. The third-order valence-electron chi connectivity index (χ3n) is 6.55. The fourth-order valence-electron chi connectivity index (χ4n) is 5.22. The maximum atomic E-state index is 12.2. The van der Waals surface area contributed by atoms with E-state index in [0.717, 1.165) is 38.5 Å². The number of esters is 1. The van der Waals surface area contributed by atoms with Crippen LogP contribution >= 0.6 is 0 Å². The lowest BCUT2D eigenvalue weighted by Crippen LogP contribution is -2.39. The first-order valence-corrected chi connectivity index (χ1v) is 8.93. The van der Waals surface area contributed by atoms with Crippen molar-refractivity contribution in [3.8, 4) is 0 Å². The highest BCUT2D eigenvalue weighted by Gasteiger charge is 2.52. The maximum absolute atomic E-state index is 12.2. The number of Topliss-reactive ketones (excluding diaryl/α,β-unsaturated/α-hetero) is 1. The standard InChI is InChI=1S/C19H28O4/c1-12(6-7-13-11-19(3,22)17(21)23-13)14-8-9-15-16(20)5-4-10-18(14,15)2/h11-12,14-15,22H,4-10H2,1-3H3/t12-,14-,15?,18+,19-/m1/s1. The molecule has 1 heterocycles. The zero-order valence-electron chi connectivity index (χ0n) is 14.4. The predicted octanol–water partition coefficient (Wildman–Crippen LogP) is 3.38. The Kier molecular flexibility index (Phi) is 4.16. The topological polar surface area (TPSA) is 63.6 Å². The van der Waals surface area contributed by atoms with Crippen LogP contribution in [0.25, 0.3) is 0 Å². The van der Waals surface area contributed by atoms with Crippen LogP contribution in [0.3, 0.4) is 0 Å². The molecule has 0 spiro atoms. The van der Waals surface area contributed by atoms with Crippen LogP contribution in [-0.4, -0.2) is 22.5 Å². The number of fused-ring (bicyclic) bond motifs is 1. The van der Waals surface area contributed by atoms with Crippen molar-refractivity contribution >= 4 is 11.8 Å². The molecule has 3 aliphatic rings. The van der Waals surface area contributed by atoms with E-state index in [-0.39, 0.29) is 11.3 Å². The van der Waals surface area contributed by atoms with Crippen molar-refractivity contribution in [3.63, 3.8) is 0 Å². The zero-order chi connectivity index (χ0) is 16.8. The number of hydrogen-bond acceptors (Lipinski definition) is 4. The molecule has 0 radical (unpaired) electrons. The fraction of sp³-hybridized carbons (Fsp3) is 0.789. The molecule has 23 heavy (non-hydrogen) atoms. The van der Waals surface area contributed by atoms with Crippen LogP contribution in [0.15, 0.2) is 11.8 Å². The highest BCUT2D eigenvalue weighted by atomic mass is 16.6. The van der Waals surface area contributed by atoms with E-state index >= 15 is 0 Å². The van der Waals surface area contributed by atoms with Gasteiger partial charge in [-0.2, -0.15) is 0 Å². The second-order valence-electron chi connectivity index (χ2n) is 8.23. The summed E-state index contributed by atoms with van der Waals surface area (Å²) in [6, 6.07) is 0. The van der Waals surface area contributed by atoms with Gasteiger partial charge in [-0.1, -0.05) is 13.8 Å². The highest BCUT2D eigenvalue weighted by Crippen LogP contribution is 2.57. The lowest BCUT2D eigenvalue weighted by Gasteiger charge is -2.42. The van der Waals surface area contributed by atoms with Crippen molar-refractivity contribution in [1.82, 2.24) is 0 Å². The number of aliphatic hydroxyl groups is 1. The summed E-state index contributed by atoms with van der Waals surface area (Å²) in [6.45, 7) is 6.03. The summed E-state index contributed by atoms with van der Waals surface area (Å²) in [4.78, 5) is 23.7. The Morgan fingerprint density at radius 2 is 2.09 bits per heavy atom. The molecule has 1 unspecified atom stereocenters. The Morgan fingerprint density at radius 1 is 1.35 bits per heavy atom. The van der Waals surface area contributed by atoms with Gasteiger partial charge in [-0.25, -0.2) is 4.79 Å². The minimum Gasteiger partial charge on any atom is -0.429 e. The van der Waals surface area contributed by atoms with E-state index in [4.69, 9.17) is 4.74 Å². The van der Waals surface area contributed by atoms with Crippen LogP contribution in [0, 0.1) is 23.2 Å². The monoisotopic (exact) mass is 320 g/mol. The van der Waals surface area contributed by atoms with Gasteiger partial charge in [0.15, 0.2) is 5.60 Å². The van der Waals surface area contributed by atoms with Crippen LogP contribution in [-0.2, 0) is 14.3 Å². The Morgan fingerprint density at radius 3 is 2.74 bits per heavy atom. The molecule has 128 valence electrons. The molecule has 0 aromatic carbocycles. The maximum Gasteiger partial charge on any atom is 0.347 e.